The first-order valence-corrected chi connectivity index (χ1v) is 11.4. The average molecular weight is 426 g/mol. The Morgan fingerprint density at radius 2 is 1.55 bits per heavy atom. The van der Waals surface area contributed by atoms with E-state index in [9.17, 15) is 14.7 Å². The topological polar surface area (TPSA) is 66.8 Å². The zero-order valence-corrected chi connectivity index (χ0v) is 19.0. The van der Waals surface area contributed by atoms with Crippen LogP contribution in [0.15, 0.2) is 42.5 Å². The molecule has 5 heteroatoms. The molecule has 0 aliphatic carbocycles. The molecule has 0 radical (unpaired) electrons. The van der Waals surface area contributed by atoms with Gasteiger partial charge in [0.2, 0.25) is 0 Å². The van der Waals surface area contributed by atoms with E-state index in [0.717, 1.165) is 57.3 Å². The number of anilines is 1. The van der Waals surface area contributed by atoms with Crippen LogP contribution in [0.25, 0.3) is 0 Å². The fourth-order valence-corrected chi connectivity index (χ4v) is 3.63. The quantitative estimate of drug-likeness (QED) is 0.243. The summed E-state index contributed by atoms with van der Waals surface area (Å²) in [6, 6.07) is 11.5. The highest BCUT2D eigenvalue weighted by atomic mass is 16.5. The molecule has 0 atom stereocenters. The van der Waals surface area contributed by atoms with Crippen molar-refractivity contribution in [1.82, 2.24) is 0 Å². The number of carbonyl (C=O) groups excluding carboxylic acids is 2. The molecule has 0 bridgehead atoms. The van der Waals surface area contributed by atoms with Gasteiger partial charge in [-0.05, 0) is 55.7 Å². The zero-order chi connectivity index (χ0) is 22.6. The maximum atomic E-state index is 13.5. The number of aromatic hydroxyl groups is 1. The van der Waals surface area contributed by atoms with Crippen LogP contribution >= 0.6 is 0 Å². The van der Waals surface area contributed by atoms with Gasteiger partial charge >= 0.3 is 5.97 Å². The highest BCUT2D eigenvalue weighted by Crippen LogP contribution is 2.29. The highest BCUT2D eigenvalue weighted by molar-refractivity contribution is 6.17. The molecule has 0 saturated carbocycles. The molecule has 2 rings (SSSR count). The van der Waals surface area contributed by atoms with Gasteiger partial charge in [-0.3, -0.25) is 4.79 Å². The van der Waals surface area contributed by atoms with Gasteiger partial charge in [-0.15, -0.1) is 0 Å². The molecular weight excluding hydrogens is 390 g/mol. The number of carbonyl (C=O) groups is 2. The van der Waals surface area contributed by atoms with Gasteiger partial charge in [-0.1, -0.05) is 46.1 Å². The molecule has 0 amide bonds. The Balaban J connectivity index is 2.44. The Morgan fingerprint density at radius 3 is 2.16 bits per heavy atom. The van der Waals surface area contributed by atoms with Crippen molar-refractivity contribution in [2.75, 3.05) is 24.6 Å². The van der Waals surface area contributed by atoms with Crippen molar-refractivity contribution in [3.8, 4) is 5.75 Å². The summed E-state index contributed by atoms with van der Waals surface area (Å²) in [7, 11) is 0. The summed E-state index contributed by atoms with van der Waals surface area (Å²) in [5.74, 6) is -0.616. The molecule has 0 fully saturated rings. The van der Waals surface area contributed by atoms with Gasteiger partial charge in [0, 0.05) is 24.3 Å². The van der Waals surface area contributed by atoms with Gasteiger partial charge < -0.3 is 14.7 Å². The van der Waals surface area contributed by atoms with Crippen LogP contribution in [0.1, 0.15) is 85.6 Å². The van der Waals surface area contributed by atoms with Crippen molar-refractivity contribution >= 4 is 17.4 Å². The van der Waals surface area contributed by atoms with Crippen LogP contribution in [0.4, 0.5) is 5.69 Å². The fraction of sp³-hybridized carbons (Fsp3) is 0.462. The van der Waals surface area contributed by atoms with Crippen molar-refractivity contribution in [2.24, 2.45) is 0 Å². The smallest absolute Gasteiger partial charge is 0.338 e. The third-order valence-electron chi connectivity index (χ3n) is 5.18. The maximum absolute atomic E-state index is 13.5. The lowest BCUT2D eigenvalue weighted by Crippen LogP contribution is -2.28. The summed E-state index contributed by atoms with van der Waals surface area (Å²) in [5, 5.41) is 9.60. The Kier molecular flexibility index (Phi) is 10.1. The first-order valence-electron chi connectivity index (χ1n) is 11.4. The third-order valence-corrected chi connectivity index (χ3v) is 5.18. The van der Waals surface area contributed by atoms with Crippen molar-refractivity contribution in [2.45, 2.75) is 59.3 Å². The minimum atomic E-state index is -0.464. The zero-order valence-electron chi connectivity index (χ0n) is 19.0. The van der Waals surface area contributed by atoms with E-state index in [4.69, 9.17) is 4.74 Å². The van der Waals surface area contributed by atoms with E-state index >= 15 is 0 Å². The van der Waals surface area contributed by atoms with E-state index in [-0.39, 0.29) is 11.5 Å². The molecular formula is C26H35NO4. The second-order valence-corrected chi connectivity index (χ2v) is 7.76. The molecule has 5 nitrogen and oxygen atoms in total. The van der Waals surface area contributed by atoms with E-state index in [1.54, 1.807) is 18.2 Å². The molecule has 0 heterocycles. The molecule has 0 unspecified atom stereocenters. The number of nitrogens with zero attached hydrogens (tertiary/aromatic N) is 1. The lowest BCUT2D eigenvalue weighted by molar-refractivity contribution is 0.0495. The van der Waals surface area contributed by atoms with Crippen LogP contribution in [0, 0.1) is 0 Å². The van der Waals surface area contributed by atoms with Crippen LogP contribution in [-0.4, -0.2) is 36.6 Å². The van der Waals surface area contributed by atoms with Crippen LogP contribution in [-0.2, 0) is 4.74 Å². The van der Waals surface area contributed by atoms with Gasteiger partial charge in [0.05, 0.1) is 17.7 Å². The predicted molar refractivity (Wildman–Crippen MR) is 125 cm³/mol. The van der Waals surface area contributed by atoms with Gasteiger partial charge in [0.25, 0.3) is 0 Å². The molecule has 0 aliphatic heterocycles. The van der Waals surface area contributed by atoms with Gasteiger partial charge in [0.15, 0.2) is 5.78 Å². The number of hydrogen-bond acceptors (Lipinski definition) is 5. The Bertz CT molecular complexity index is 839. The molecule has 0 spiro atoms. The summed E-state index contributed by atoms with van der Waals surface area (Å²) in [4.78, 5) is 28.6. The summed E-state index contributed by atoms with van der Waals surface area (Å²) in [6.45, 7) is 8.26. The molecule has 0 saturated heterocycles. The van der Waals surface area contributed by atoms with Crippen molar-refractivity contribution < 1.29 is 19.4 Å². The largest absolute Gasteiger partial charge is 0.508 e. The van der Waals surface area contributed by atoms with Gasteiger partial charge in [-0.2, -0.15) is 0 Å². The lowest BCUT2D eigenvalue weighted by atomic mass is 9.95. The highest BCUT2D eigenvalue weighted by Gasteiger charge is 2.25. The summed E-state index contributed by atoms with van der Waals surface area (Å²) >= 11 is 0. The summed E-state index contributed by atoms with van der Waals surface area (Å²) in [5.41, 5.74) is 1.84. The standard InChI is InChI=1S/C26H35NO4/c1-4-7-8-9-19-31-26(30)22-11-10-12-23(27(17-5-2)18-6-3)24(22)25(29)20-13-15-21(28)16-14-20/h10-16,28H,4-9,17-19H2,1-3H3. The van der Waals surface area contributed by atoms with Crippen LogP contribution in [0.2, 0.25) is 0 Å². The molecule has 1 N–H and O–H groups in total. The number of esters is 1. The Morgan fingerprint density at radius 1 is 0.871 bits per heavy atom. The summed E-state index contributed by atoms with van der Waals surface area (Å²) in [6.07, 6.45) is 5.92. The predicted octanol–water partition coefficient (Wildman–Crippen LogP) is 5.99. The van der Waals surface area contributed by atoms with Crippen molar-refractivity contribution in [1.29, 1.82) is 0 Å². The first-order chi connectivity index (χ1) is 15.0. The Labute approximate surface area is 186 Å². The molecule has 31 heavy (non-hydrogen) atoms. The molecule has 0 aromatic heterocycles. The maximum Gasteiger partial charge on any atom is 0.338 e. The Hall–Kier alpha value is -2.82. The summed E-state index contributed by atoms with van der Waals surface area (Å²) < 4.78 is 5.53. The number of rotatable bonds is 13. The number of phenols is 1. The van der Waals surface area contributed by atoms with E-state index in [2.05, 4.69) is 25.7 Å². The second kappa shape index (κ2) is 12.8. The number of phenolic OH excluding ortho intramolecular Hbond substituents is 1. The van der Waals surface area contributed by atoms with Crippen LogP contribution in [0.5, 0.6) is 5.75 Å². The average Bonchev–Trinajstić information content (AvgIpc) is 2.78. The minimum Gasteiger partial charge on any atom is -0.508 e. The number of ketones is 1. The first kappa shape index (κ1) is 24.4. The van der Waals surface area contributed by atoms with Crippen molar-refractivity contribution in [3.05, 3.63) is 59.2 Å². The van der Waals surface area contributed by atoms with E-state index in [0.29, 0.717) is 23.3 Å². The van der Waals surface area contributed by atoms with Gasteiger partial charge in [0.1, 0.15) is 5.75 Å². The fourth-order valence-electron chi connectivity index (χ4n) is 3.63. The van der Waals surface area contributed by atoms with E-state index < -0.39 is 5.97 Å². The number of unbranched alkanes of at least 4 members (excludes halogenated alkanes) is 3. The van der Waals surface area contributed by atoms with Crippen molar-refractivity contribution in [3.63, 3.8) is 0 Å². The number of hydrogen-bond donors (Lipinski definition) is 1. The number of ether oxygens (including phenoxy) is 1. The van der Waals surface area contributed by atoms with E-state index in [1.165, 1.54) is 12.1 Å². The molecule has 0 aliphatic rings. The van der Waals surface area contributed by atoms with Crippen LogP contribution < -0.4 is 4.90 Å². The third kappa shape index (κ3) is 6.84. The normalized spacial score (nSPS) is 10.7. The van der Waals surface area contributed by atoms with E-state index in [1.807, 2.05) is 12.1 Å². The SMILES string of the molecule is CCCCCCOC(=O)c1cccc(N(CCC)CCC)c1C(=O)c1ccc(O)cc1. The monoisotopic (exact) mass is 425 g/mol. The van der Waals surface area contributed by atoms with Gasteiger partial charge in [-0.25, -0.2) is 4.79 Å². The molecule has 2 aromatic rings. The second-order valence-electron chi connectivity index (χ2n) is 7.76. The molecule has 2 aromatic carbocycles. The molecule has 168 valence electrons. The number of benzene rings is 2. The lowest BCUT2D eigenvalue weighted by Gasteiger charge is -2.27. The van der Waals surface area contributed by atoms with Crippen LogP contribution in [0.3, 0.4) is 0 Å². The minimum absolute atomic E-state index is 0.0927.